The van der Waals surface area contributed by atoms with E-state index in [0.717, 1.165) is 30.4 Å². The summed E-state index contributed by atoms with van der Waals surface area (Å²) in [5, 5.41) is 25.8. The zero-order chi connectivity index (χ0) is 21.8. The van der Waals surface area contributed by atoms with E-state index in [1.54, 1.807) is 0 Å². The second-order valence-electron chi connectivity index (χ2n) is 7.54. The summed E-state index contributed by atoms with van der Waals surface area (Å²) in [5.74, 6) is -1.90. The van der Waals surface area contributed by atoms with Gasteiger partial charge in [-0.25, -0.2) is 0 Å². The molecule has 0 aromatic heterocycles. The van der Waals surface area contributed by atoms with Gasteiger partial charge >= 0.3 is 11.9 Å². The molecule has 6 heteroatoms. The number of unbranched alkanes of at least 4 members (excludes halogenated alkanes) is 2. The Bertz CT molecular complexity index is 706. The lowest BCUT2D eigenvalue weighted by molar-refractivity contribution is -0.140. The lowest BCUT2D eigenvalue weighted by atomic mass is 10.0. The molecule has 4 N–H and O–H groups in total. The SMILES string of the molecule is CCCCCC(N[C@@H](Cc1ccccc1)C(=O)O)N[C@@H](Cc1ccccc1)C(=O)O. The minimum atomic E-state index is -0.948. The summed E-state index contributed by atoms with van der Waals surface area (Å²) in [7, 11) is 0. The van der Waals surface area contributed by atoms with Crippen LogP contribution in [0.3, 0.4) is 0 Å². The zero-order valence-electron chi connectivity index (χ0n) is 17.5. The highest BCUT2D eigenvalue weighted by molar-refractivity contribution is 5.74. The Kier molecular flexibility index (Phi) is 10.0. The summed E-state index contributed by atoms with van der Waals surface area (Å²) in [6, 6.07) is 17.3. The van der Waals surface area contributed by atoms with Crippen LogP contribution < -0.4 is 10.6 Å². The largest absolute Gasteiger partial charge is 0.480 e. The lowest BCUT2D eigenvalue weighted by Crippen LogP contribution is -2.56. The Balaban J connectivity index is 2.10. The van der Waals surface area contributed by atoms with E-state index in [0.29, 0.717) is 19.3 Å². The molecule has 0 bridgehead atoms. The number of carboxylic acid groups (broad SMARTS) is 2. The van der Waals surface area contributed by atoms with E-state index in [2.05, 4.69) is 17.6 Å². The van der Waals surface area contributed by atoms with Crippen molar-refractivity contribution in [2.45, 2.75) is 63.7 Å². The monoisotopic (exact) mass is 412 g/mol. The van der Waals surface area contributed by atoms with E-state index >= 15 is 0 Å². The van der Waals surface area contributed by atoms with Gasteiger partial charge in [0.2, 0.25) is 0 Å². The number of nitrogens with one attached hydrogen (secondary N) is 2. The summed E-state index contributed by atoms with van der Waals surface area (Å²) in [5.41, 5.74) is 1.84. The van der Waals surface area contributed by atoms with Gasteiger partial charge in [0.25, 0.3) is 0 Å². The standard InChI is InChI=1S/C24H32N2O4/c1-2-3-6-15-22(25-20(23(27)28)16-18-11-7-4-8-12-18)26-21(24(29)30)17-19-13-9-5-10-14-19/h4-5,7-14,20-22,25-26H,2-3,6,15-17H2,1H3,(H,27,28)(H,29,30)/t20-,21-/m0/s1. The van der Waals surface area contributed by atoms with Crippen LogP contribution in [0.15, 0.2) is 60.7 Å². The van der Waals surface area contributed by atoms with E-state index in [4.69, 9.17) is 0 Å². The molecule has 0 saturated carbocycles. The number of rotatable bonds is 14. The van der Waals surface area contributed by atoms with Gasteiger partial charge in [0.05, 0.1) is 6.17 Å². The lowest BCUT2D eigenvalue weighted by Gasteiger charge is -2.28. The first kappa shape index (κ1) is 23.6. The Morgan fingerprint density at radius 2 is 1.20 bits per heavy atom. The van der Waals surface area contributed by atoms with Crippen LogP contribution in [0.5, 0.6) is 0 Å². The number of carboxylic acids is 2. The van der Waals surface area contributed by atoms with Crippen molar-refractivity contribution < 1.29 is 19.8 Å². The molecule has 2 atom stereocenters. The zero-order valence-corrected chi connectivity index (χ0v) is 17.5. The fourth-order valence-electron chi connectivity index (χ4n) is 3.43. The smallest absolute Gasteiger partial charge is 0.321 e. The molecule has 162 valence electrons. The molecule has 0 heterocycles. The number of hydrogen-bond acceptors (Lipinski definition) is 4. The van der Waals surface area contributed by atoms with Gasteiger partial charge in [0.1, 0.15) is 12.1 Å². The normalized spacial score (nSPS) is 13.1. The number of carbonyl (C=O) groups is 2. The van der Waals surface area contributed by atoms with E-state index in [-0.39, 0.29) is 0 Å². The minimum absolute atomic E-state index is 0.332. The van der Waals surface area contributed by atoms with Crippen molar-refractivity contribution in [2.24, 2.45) is 0 Å². The third kappa shape index (κ3) is 8.35. The molecule has 0 saturated heterocycles. The molecule has 2 aromatic carbocycles. The molecule has 0 spiro atoms. The van der Waals surface area contributed by atoms with E-state index < -0.39 is 30.2 Å². The Morgan fingerprint density at radius 1 is 0.767 bits per heavy atom. The van der Waals surface area contributed by atoms with Crippen LogP contribution in [0.1, 0.15) is 43.7 Å². The average molecular weight is 413 g/mol. The topological polar surface area (TPSA) is 98.7 Å². The van der Waals surface area contributed by atoms with Crippen molar-refractivity contribution in [1.82, 2.24) is 10.6 Å². The van der Waals surface area contributed by atoms with Crippen LogP contribution in [0.4, 0.5) is 0 Å². The summed E-state index contributed by atoms with van der Waals surface area (Å²) < 4.78 is 0. The van der Waals surface area contributed by atoms with Gasteiger partial charge in [0, 0.05) is 0 Å². The Morgan fingerprint density at radius 3 is 1.57 bits per heavy atom. The van der Waals surface area contributed by atoms with Crippen LogP contribution in [-0.2, 0) is 22.4 Å². The Hall–Kier alpha value is -2.70. The molecule has 30 heavy (non-hydrogen) atoms. The highest BCUT2D eigenvalue weighted by Gasteiger charge is 2.26. The summed E-state index contributed by atoms with van der Waals surface area (Å²) in [4.78, 5) is 23.7. The molecular formula is C24H32N2O4. The quantitative estimate of drug-likeness (QED) is 0.280. The number of hydrogen-bond donors (Lipinski definition) is 4. The molecule has 0 radical (unpaired) electrons. The van der Waals surface area contributed by atoms with Crippen LogP contribution >= 0.6 is 0 Å². The van der Waals surface area contributed by atoms with E-state index in [9.17, 15) is 19.8 Å². The molecule has 6 nitrogen and oxygen atoms in total. The maximum atomic E-state index is 11.9. The molecule has 2 aromatic rings. The van der Waals surface area contributed by atoms with Crippen molar-refractivity contribution in [1.29, 1.82) is 0 Å². The molecule has 0 aliphatic heterocycles. The second kappa shape index (κ2) is 12.8. The van der Waals surface area contributed by atoms with Gasteiger partial charge in [0.15, 0.2) is 0 Å². The van der Waals surface area contributed by atoms with Gasteiger partial charge in [-0.2, -0.15) is 0 Å². The van der Waals surface area contributed by atoms with Gasteiger partial charge in [-0.05, 0) is 30.4 Å². The van der Waals surface area contributed by atoms with Crippen molar-refractivity contribution in [3.05, 3.63) is 71.8 Å². The molecule has 0 unspecified atom stereocenters. The highest BCUT2D eigenvalue weighted by Crippen LogP contribution is 2.10. The van der Waals surface area contributed by atoms with Crippen LogP contribution in [0.25, 0.3) is 0 Å². The van der Waals surface area contributed by atoms with Gasteiger partial charge in [-0.15, -0.1) is 0 Å². The maximum Gasteiger partial charge on any atom is 0.321 e. The predicted octanol–water partition coefficient (Wildman–Crippen LogP) is 3.46. The van der Waals surface area contributed by atoms with E-state index in [1.165, 1.54) is 0 Å². The molecule has 0 fully saturated rings. The Labute approximate surface area is 178 Å². The summed E-state index contributed by atoms with van der Waals surface area (Å²) in [6.45, 7) is 2.10. The first-order chi connectivity index (χ1) is 14.5. The number of aliphatic carboxylic acids is 2. The average Bonchev–Trinajstić information content (AvgIpc) is 2.74. The van der Waals surface area contributed by atoms with Crippen molar-refractivity contribution in [3.63, 3.8) is 0 Å². The van der Waals surface area contributed by atoms with Crippen LogP contribution in [0.2, 0.25) is 0 Å². The van der Waals surface area contributed by atoms with E-state index in [1.807, 2.05) is 60.7 Å². The maximum absolute atomic E-state index is 11.9. The second-order valence-corrected chi connectivity index (χ2v) is 7.54. The van der Waals surface area contributed by atoms with Crippen LogP contribution in [0, 0.1) is 0 Å². The predicted molar refractivity (Wildman–Crippen MR) is 117 cm³/mol. The van der Waals surface area contributed by atoms with Gasteiger partial charge < -0.3 is 10.2 Å². The summed E-state index contributed by atoms with van der Waals surface area (Å²) >= 11 is 0. The van der Waals surface area contributed by atoms with Crippen molar-refractivity contribution >= 4 is 11.9 Å². The minimum Gasteiger partial charge on any atom is -0.480 e. The van der Waals surface area contributed by atoms with Gasteiger partial charge in [-0.3, -0.25) is 20.2 Å². The molecule has 0 aliphatic rings. The highest BCUT2D eigenvalue weighted by atomic mass is 16.4. The third-order valence-corrected chi connectivity index (χ3v) is 5.06. The molecular weight excluding hydrogens is 380 g/mol. The first-order valence-corrected chi connectivity index (χ1v) is 10.5. The molecule has 0 aliphatic carbocycles. The van der Waals surface area contributed by atoms with Crippen molar-refractivity contribution in [3.8, 4) is 0 Å². The fourth-order valence-corrected chi connectivity index (χ4v) is 3.43. The molecule has 2 rings (SSSR count). The summed E-state index contributed by atoms with van der Waals surface area (Å²) in [6.07, 6.45) is 3.84. The fraction of sp³-hybridized carbons (Fsp3) is 0.417. The van der Waals surface area contributed by atoms with Crippen LogP contribution in [-0.4, -0.2) is 40.4 Å². The molecule has 0 amide bonds. The first-order valence-electron chi connectivity index (χ1n) is 10.5. The third-order valence-electron chi connectivity index (χ3n) is 5.06. The van der Waals surface area contributed by atoms with Gasteiger partial charge in [-0.1, -0.05) is 86.8 Å². The number of benzene rings is 2. The van der Waals surface area contributed by atoms with Crippen molar-refractivity contribution in [2.75, 3.05) is 0 Å².